The molecule has 14 heavy (non-hydrogen) atoms. The molecule has 76 valence electrons. The predicted molar refractivity (Wildman–Crippen MR) is 48.0 cm³/mol. The molecule has 0 aliphatic carbocycles. The van der Waals surface area contributed by atoms with Crippen LogP contribution in [0.2, 0.25) is 0 Å². The Balaban J connectivity index is 2.37. The Morgan fingerprint density at radius 3 is 2.64 bits per heavy atom. The van der Waals surface area contributed by atoms with Crippen LogP contribution in [0.5, 0.6) is 5.75 Å². The number of halogens is 2. The second-order valence-corrected chi connectivity index (χ2v) is 3.47. The lowest BCUT2D eigenvalue weighted by Crippen LogP contribution is -2.13. The van der Waals surface area contributed by atoms with E-state index in [9.17, 15) is 13.9 Å². The fourth-order valence-corrected chi connectivity index (χ4v) is 1.78. The Bertz CT molecular complexity index is 348. The molecule has 2 rings (SSSR count). The number of hydrogen-bond acceptors (Lipinski definition) is 2. The molecular weight excluding hydrogens is 188 g/mol. The van der Waals surface area contributed by atoms with Crippen molar-refractivity contribution in [2.45, 2.75) is 18.9 Å². The number of phenols is 1. The largest absolute Gasteiger partial charge is 0.507 e. The van der Waals surface area contributed by atoms with Crippen molar-refractivity contribution < 1.29 is 13.9 Å². The topological polar surface area (TPSA) is 32.3 Å². The Morgan fingerprint density at radius 1 is 1.29 bits per heavy atom. The molecule has 1 aromatic carbocycles. The van der Waals surface area contributed by atoms with E-state index in [1.54, 1.807) is 0 Å². The number of rotatable bonds is 1. The zero-order valence-corrected chi connectivity index (χ0v) is 7.56. The van der Waals surface area contributed by atoms with Crippen molar-refractivity contribution in [3.8, 4) is 5.75 Å². The lowest BCUT2D eigenvalue weighted by Gasteiger charge is -2.12. The molecule has 1 aliphatic rings. The van der Waals surface area contributed by atoms with Crippen LogP contribution in [-0.4, -0.2) is 11.7 Å². The molecule has 1 fully saturated rings. The van der Waals surface area contributed by atoms with E-state index in [0.29, 0.717) is 5.56 Å². The van der Waals surface area contributed by atoms with E-state index in [4.69, 9.17) is 0 Å². The van der Waals surface area contributed by atoms with E-state index >= 15 is 0 Å². The van der Waals surface area contributed by atoms with Crippen molar-refractivity contribution in [1.29, 1.82) is 0 Å². The summed E-state index contributed by atoms with van der Waals surface area (Å²) in [6, 6.07) is 1.84. The molecule has 0 spiro atoms. The highest BCUT2D eigenvalue weighted by Gasteiger charge is 2.21. The molecule has 4 heteroatoms. The molecule has 0 amide bonds. The van der Waals surface area contributed by atoms with Crippen LogP contribution in [-0.2, 0) is 0 Å². The van der Waals surface area contributed by atoms with Crippen molar-refractivity contribution in [2.24, 2.45) is 0 Å². The highest BCUT2D eigenvalue weighted by Crippen LogP contribution is 2.31. The van der Waals surface area contributed by atoms with Gasteiger partial charge in [-0.15, -0.1) is 0 Å². The highest BCUT2D eigenvalue weighted by molar-refractivity contribution is 5.36. The number of aromatic hydroxyl groups is 1. The number of phenolic OH excluding ortho intramolecular Hbond substituents is 1. The summed E-state index contributed by atoms with van der Waals surface area (Å²) in [6.07, 6.45) is 1.84. The van der Waals surface area contributed by atoms with Gasteiger partial charge in [-0.25, -0.2) is 8.78 Å². The Hall–Kier alpha value is -1.16. The normalized spacial score (nSPS) is 21.4. The predicted octanol–water partition coefficient (Wildman–Crippen LogP) is 2.09. The lowest BCUT2D eigenvalue weighted by atomic mass is 10.0. The SMILES string of the molecule is Oc1cc(F)c(F)cc1C1CCCN1. The van der Waals surface area contributed by atoms with Crippen LogP contribution in [0.4, 0.5) is 8.78 Å². The zero-order chi connectivity index (χ0) is 10.1. The molecule has 2 nitrogen and oxygen atoms in total. The molecule has 0 radical (unpaired) electrons. The van der Waals surface area contributed by atoms with E-state index in [1.165, 1.54) is 0 Å². The van der Waals surface area contributed by atoms with E-state index in [-0.39, 0.29) is 11.8 Å². The summed E-state index contributed by atoms with van der Waals surface area (Å²) in [7, 11) is 0. The first-order valence-corrected chi connectivity index (χ1v) is 4.60. The van der Waals surface area contributed by atoms with Crippen LogP contribution in [0.15, 0.2) is 12.1 Å². The zero-order valence-electron chi connectivity index (χ0n) is 7.56. The van der Waals surface area contributed by atoms with Gasteiger partial charge in [-0.3, -0.25) is 0 Å². The molecular formula is C10H11F2NO. The minimum absolute atomic E-state index is 0.0508. The van der Waals surface area contributed by atoms with E-state index in [0.717, 1.165) is 31.5 Å². The summed E-state index contributed by atoms with van der Waals surface area (Å²) in [5.74, 6) is -2.10. The van der Waals surface area contributed by atoms with Crippen LogP contribution in [0.25, 0.3) is 0 Å². The van der Waals surface area contributed by atoms with Gasteiger partial charge in [0, 0.05) is 17.7 Å². The molecule has 0 saturated carbocycles. The van der Waals surface area contributed by atoms with Crippen molar-refractivity contribution in [1.82, 2.24) is 5.32 Å². The maximum Gasteiger partial charge on any atom is 0.162 e. The van der Waals surface area contributed by atoms with Gasteiger partial charge in [0.05, 0.1) is 0 Å². The second-order valence-electron chi connectivity index (χ2n) is 3.47. The molecule has 0 bridgehead atoms. The number of benzene rings is 1. The van der Waals surface area contributed by atoms with Crippen molar-refractivity contribution in [2.75, 3.05) is 6.54 Å². The first kappa shape index (κ1) is 9.40. The molecule has 1 heterocycles. The Kier molecular flexibility index (Phi) is 2.37. The van der Waals surface area contributed by atoms with Gasteiger partial charge < -0.3 is 10.4 Å². The van der Waals surface area contributed by atoms with Crippen molar-refractivity contribution in [3.63, 3.8) is 0 Å². The van der Waals surface area contributed by atoms with E-state index < -0.39 is 11.6 Å². The number of nitrogens with one attached hydrogen (secondary N) is 1. The minimum Gasteiger partial charge on any atom is -0.507 e. The van der Waals surface area contributed by atoms with Crippen LogP contribution in [0.3, 0.4) is 0 Å². The molecule has 1 saturated heterocycles. The summed E-state index contributed by atoms with van der Waals surface area (Å²) in [4.78, 5) is 0. The summed E-state index contributed by atoms with van der Waals surface area (Å²) in [5, 5.41) is 12.5. The van der Waals surface area contributed by atoms with Crippen molar-refractivity contribution in [3.05, 3.63) is 29.3 Å². The average Bonchev–Trinajstić information content (AvgIpc) is 2.64. The Labute approximate surface area is 80.6 Å². The first-order chi connectivity index (χ1) is 6.68. The lowest BCUT2D eigenvalue weighted by molar-refractivity contribution is 0.437. The van der Waals surface area contributed by atoms with Gasteiger partial charge in [-0.05, 0) is 25.5 Å². The third-order valence-corrected chi connectivity index (χ3v) is 2.51. The Morgan fingerprint density at radius 2 is 2.00 bits per heavy atom. The summed E-state index contributed by atoms with van der Waals surface area (Å²) in [6.45, 7) is 0.850. The van der Waals surface area contributed by atoms with Crippen LogP contribution >= 0.6 is 0 Å². The van der Waals surface area contributed by atoms with Crippen LogP contribution < -0.4 is 5.32 Å². The smallest absolute Gasteiger partial charge is 0.162 e. The van der Waals surface area contributed by atoms with Crippen LogP contribution in [0, 0.1) is 11.6 Å². The molecule has 1 aromatic rings. The first-order valence-electron chi connectivity index (χ1n) is 4.60. The van der Waals surface area contributed by atoms with Gasteiger partial charge in [0.2, 0.25) is 0 Å². The standard InChI is InChI=1S/C10H11F2NO/c11-7-4-6(9-2-1-3-13-9)10(14)5-8(7)12/h4-5,9,13-14H,1-3H2. The maximum atomic E-state index is 12.9. The monoisotopic (exact) mass is 199 g/mol. The summed E-state index contributed by atoms with van der Waals surface area (Å²) < 4.78 is 25.6. The molecule has 0 aromatic heterocycles. The fraction of sp³-hybridized carbons (Fsp3) is 0.400. The van der Waals surface area contributed by atoms with Crippen LogP contribution in [0.1, 0.15) is 24.4 Å². The van der Waals surface area contributed by atoms with Gasteiger partial charge in [0.15, 0.2) is 11.6 Å². The fourth-order valence-electron chi connectivity index (χ4n) is 1.78. The molecule has 2 N–H and O–H groups in total. The van der Waals surface area contributed by atoms with Gasteiger partial charge in [0.1, 0.15) is 5.75 Å². The second kappa shape index (κ2) is 3.53. The third kappa shape index (κ3) is 1.57. The number of hydrogen-bond donors (Lipinski definition) is 2. The van der Waals surface area contributed by atoms with E-state index in [1.807, 2.05) is 0 Å². The molecule has 1 atom stereocenters. The van der Waals surface area contributed by atoms with Gasteiger partial charge in [-0.1, -0.05) is 0 Å². The third-order valence-electron chi connectivity index (χ3n) is 2.51. The maximum absolute atomic E-state index is 12.9. The van der Waals surface area contributed by atoms with Gasteiger partial charge in [-0.2, -0.15) is 0 Å². The summed E-state index contributed by atoms with van der Waals surface area (Å²) >= 11 is 0. The van der Waals surface area contributed by atoms with E-state index in [2.05, 4.69) is 5.32 Å². The quantitative estimate of drug-likeness (QED) is 0.725. The van der Waals surface area contributed by atoms with Gasteiger partial charge in [0.25, 0.3) is 0 Å². The minimum atomic E-state index is -1.01. The average molecular weight is 199 g/mol. The van der Waals surface area contributed by atoms with Gasteiger partial charge >= 0.3 is 0 Å². The summed E-state index contributed by atoms with van der Waals surface area (Å²) in [5.41, 5.74) is 0.446. The van der Waals surface area contributed by atoms with Crippen molar-refractivity contribution >= 4 is 0 Å². The highest BCUT2D eigenvalue weighted by atomic mass is 19.2. The molecule has 1 aliphatic heterocycles. The molecule has 1 unspecified atom stereocenters.